The molecule has 1 atom stereocenters. The number of nitriles is 1. The van der Waals surface area contributed by atoms with Gasteiger partial charge in [0, 0.05) is 30.9 Å². The van der Waals surface area contributed by atoms with Gasteiger partial charge < -0.3 is 10.1 Å². The van der Waals surface area contributed by atoms with Gasteiger partial charge in [0.1, 0.15) is 5.75 Å². The lowest BCUT2D eigenvalue weighted by Gasteiger charge is -2.35. The van der Waals surface area contributed by atoms with E-state index in [2.05, 4.69) is 35.3 Å². The summed E-state index contributed by atoms with van der Waals surface area (Å²) in [7, 11) is 1.68. The average molecular weight is 273 g/mol. The molecule has 0 aliphatic carbocycles. The highest BCUT2D eigenvalue weighted by molar-refractivity contribution is 5.47. The molecular formula is C16H23N3O. The monoisotopic (exact) mass is 273 g/mol. The molecule has 0 saturated carbocycles. The van der Waals surface area contributed by atoms with E-state index >= 15 is 0 Å². The number of ether oxygens (including phenoxy) is 1. The van der Waals surface area contributed by atoms with Crippen molar-refractivity contribution in [3.63, 3.8) is 0 Å². The second-order valence-corrected chi connectivity index (χ2v) is 5.39. The van der Waals surface area contributed by atoms with Crippen LogP contribution in [0.2, 0.25) is 0 Å². The molecule has 1 aliphatic heterocycles. The molecule has 108 valence electrons. The Morgan fingerprint density at radius 2 is 2.00 bits per heavy atom. The van der Waals surface area contributed by atoms with Crippen LogP contribution in [-0.4, -0.2) is 37.2 Å². The van der Waals surface area contributed by atoms with Crippen LogP contribution in [0.1, 0.15) is 26.2 Å². The van der Waals surface area contributed by atoms with Crippen molar-refractivity contribution in [1.29, 1.82) is 5.26 Å². The minimum Gasteiger partial charge on any atom is -0.497 e. The van der Waals surface area contributed by atoms with Crippen molar-refractivity contribution in [2.45, 2.75) is 38.3 Å². The number of methoxy groups -OCH3 is 1. The first-order chi connectivity index (χ1) is 9.72. The molecule has 0 radical (unpaired) electrons. The number of piperidine rings is 1. The van der Waals surface area contributed by atoms with Gasteiger partial charge in [-0.1, -0.05) is 0 Å². The molecule has 0 bridgehead atoms. The fraction of sp³-hybridized carbons (Fsp3) is 0.562. The Labute approximate surface area is 121 Å². The van der Waals surface area contributed by atoms with Crippen LogP contribution in [0, 0.1) is 11.3 Å². The summed E-state index contributed by atoms with van der Waals surface area (Å²) in [6.45, 7) is 4.27. The number of likely N-dealkylation sites (tertiary alicyclic amines) is 1. The highest BCUT2D eigenvalue weighted by atomic mass is 16.5. The second-order valence-electron chi connectivity index (χ2n) is 5.39. The lowest BCUT2D eigenvalue weighted by molar-refractivity contribution is 0.169. The smallest absolute Gasteiger partial charge is 0.119 e. The molecule has 1 heterocycles. The van der Waals surface area contributed by atoms with Crippen LogP contribution < -0.4 is 10.1 Å². The van der Waals surface area contributed by atoms with E-state index in [1.54, 1.807) is 7.11 Å². The van der Waals surface area contributed by atoms with Gasteiger partial charge in [-0.15, -0.1) is 0 Å². The zero-order valence-electron chi connectivity index (χ0n) is 12.3. The van der Waals surface area contributed by atoms with Crippen molar-refractivity contribution < 1.29 is 4.74 Å². The second kappa shape index (κ2) is 7.16. The number of nitrogens with zero attached hydrogens (tertiary/aromatic N) is 2. The van der Waals surface area contributed by atoms with Gasteiger partial charge in [-0.05, 0) is 44.0 Å². The lowest BCUT2D eigenvalue weighted by atomic mass is 10.0. The maximum atomic E-state index is 8.76. The van der Waals surface area contributed by atoms with Crippen molar-refractivity contribution >= 4 is 5.69 Å². The Morgan fingerprint density at radius 1 is 1.35 bits per heavy atom. The predicted octanol–water partition coefficient (Wildman–Crippen LogP) is 2.87. The zero-order valence-corrected chi connectivity index (χ0v) is 12.3. The summed E-state index contributed by atoms with van der Waals surface area (Å²) < 4.78 is 5.16. The average Bonchev–Trinajstić information content (AvgIpc) is 2.49. The molecule has 4 heteroatoms. The van der Waals surface area contributed by atoms with Gasteiger partial charge >= 0.3 is 0 Å². The summed E-state index contributed by atoms with van der Waals surface area (Å²) in [5, 5.41) is 12.3. The molecule has 0 spiro atoms. The van der Waals surface area contributed by atoms with Gasteiger partial charge in [-0.25, -0.2) is 0 Å². The maximum absolute atomic E-state index is 8.76. The Balaban J connectivity index is 1.80. The van der Waals surface area contributed by atoms with E-state index in [0.29, 0.717) is 18.5 Å². The highest BCUT2D eigenvalue weighted by Crippen LogP contribution is 2.20. The normalized spacial score (nSPS) is 18.2. The third kappa shape index (κ3) is 3.88. The molecule has 0 amide bonds. The first-order valence-electron chi connectivity index (χ1n) is 7.24. The summed E-state index contributed by atoms with van der Waals surface area (Å²) in [5.74, 6) is 0.885. The van der Waals surface area contributed by atoms with Crippen LogP contribution in [0.4, 0.5) is 5.69 Å². The summed E-state index contributed by atoms with van der Waals surface area (Å²) in [6.07, 6.45) is 2.88. The van der Waals surface area contributed by atoms with E-state index in [1.807, 2.05) is 12.1 Å². The van der Waals surface area contributed by atoms with E-state index in [4.69, 9.17) is 10.00 Å². The zero-order chi connectivity index (χ0) is 14.4. The summed E-state index contributed by atoms with van der Waals surface area (Å²) in [4.78, 5) is 2.41. The molecular weight excluding hydrogens is 250 g/mol. The molecule has 1 aromatic rings. The Morgan fingerprint density at radius 3 is 2.55 bits per heavy atom. The van der Waals surface area contributed by atoms with Crippen LogP contribution in [-0.2, 0) is 0 Å². The topological polar surface area (TPSA) is 48.3 Å². The van der Waals surface area contributed by atoms with Crippen molar-refractivity contribution in [3.8, 4) is 11.8 Å². The fourth-order valence-corrected chi connectivity index (χ4v) is 2.67. The van der Waals surface area contributed by atoms with E-state index in [9.17, 15) is 0 Å². The molecule has 0 aromatic heterocycles. The number of hydrogen-bond acceptors (Lipinski definition) is 4. The number of rotatable bonds is 5. The van der Waals surface area contributed by atoms with Crippen molar-refractivity contribution in [2.24, 2.45) is 0 Å². The Bertz CT molecular complexity index is 444. The number of anilines is 1. The molecule has 1 aliphatic rings. The van der Waals surface area contributed by atoms with Crippen LogP contribution in [0.15, 0.2) is 24.3 Å². The van der Waals surface area contributed by atoms with Crippen LogP contribution in [0.25, 0.3) is 0 Å². The summed E-state index contributed by atoms with van der Waals surface area (Å²) >= 11 is 0. The van der Waals surface area contributed by atoms with Gasteiger partial charge in [0.15, 0.2) is 0 Å². The number of hydrogen-bond donors (Lipinski definition) is 1. The van der Waals surface area contributed by atoms with Gasteiger partial charge in [0.25, 0.3) is 0 Å². The first-order valence-corrected chi connectivity index (χ1v) is 7.24. The minimum atomic E-state index is 0.377. The Hall–Kier alpha value is -1.73. The SMILES string of the molecule is COc1ccc(NC2CCN([C@H](C)CC#N)CC2)cc1. The molecule has 2 rings (SSSR count). The molecule has 1 saturated heterocycles. The number of nitrogens with one attached hydrogen (secondary N) is 1. The van der Waals surface area contributed by atoms with Crippen LogP contribution in [0.5, 0.6) is 5.75 Å². The highest BCUT2D eigenvalue weighted by Gasteiger charge is 2.22. The molecule has 4 nitrogen and oxygen atoms in total. The van der Waals surface area contributed by atoms with Crippen molar-refractivity contribution in [1.82, 2.24) is 4.90 Å². The van der Waals surface area contributed by atoms with Crippen LogP contribution in [0.3, 0.4) is 0 Å². The van der Waals surface area contributed by atoms with E-state index in [1.165, 1.54) is 0 Å². The maximum Gasteiger partial charge on any atom is 0.119 e. The number of benzene rings is 1. The van der Waals surface area contributed by atoms with Crippen LogP contribution >= 0.6 is 0 Å². The molecule has 20 heavy (non-hydrogen) atoms. The van der Waals surface area contributed by atoms with Gasteiger partial charge in [0.05, 0.1) is 19.6 Å². The largest absolute Gasteiger partial charge is 0.497 e. The van der Waals surface area contributed by atoms with Crippen molar-refractivity contribution in [2.75, 3.05) is 25.5 Å². The minimum absolute atomic E-state index is 0.377. The van der Waals surface area contributed by atoms with Gasteiger partial charge in [0.2, 0.25) is 0 Å². The fourth-order valence-electron chi connectivity index (χ4n) is 2.67. The molecule has 1 fully saturated rings. The summed E-state index contributed by atoms with van der Waals surface area (Å²) in [5.41, 5.74) is 1.15. The predicted molar refractivity (Wildman–Crippen MR) is 80.9 cm³/mol. The van der Waals surface area contributed by atoms with E-state index in [0.717, 1.165) is 37.4 Å². The van der Waals surface area contributed by atoms with Crippen molar-refractivity contribution in [3.05, 3.63) is 24.3 Å². The van der Waals surface area contributed by atoms with E-state index < -0.39 is 0 Å². The third-order valence-electron chi connectivity index (χ3n) is 4.00. The molecule has 1 N–H and O–H groups in total. The third-order valence-corrected chi connectivity index (χ3v) is 4.00. The van der Waals surface area contributed by atoms with Gasteiger partial charge in [-0.3, -0.25) is 4.90 Å². The Kier molecular flexibility index (Phi) is 5.25. The van der Waals surface area contributed by atoms with E-state index in [-0.39, 0.29) is 0 Å². The lowest BCUT2D eigenvalue weighted by Crippen LogP contribution is -2.43. The van der Waals surface area contributed by atoms with Gasteiger partial charge in [-0.2, -0.15) is 5.26 Å². The standard InChI is InChI=1S/C16H23N3O/c1-13(7-10-17)19-11-8-15(9-12-19)18-14-3-5-16(20-2)6-4-14/h3-6,13,15,18H,7-9,11-12H2,1-2H3/t13-/m1/s1. The summed E-state index contributed by atoms with van der Waals surface area (Å²) in [6, 6.07) is 11.2. The quantitative estimate of drug-likeness (QED) is 0.896. The first kappa shape index (κ1) is 14.7. The molecule has 0 unspecified atom stereocenters. The molecule has 1 aromatic carbocycles.